The minimum atomic E-state index is 0.381. The van der Waals surface area contributed by atoms with Crippen molar-refractivity contribution in [3.05, 3.63) is 0 Å². The van der Waals surface area contributed by atoms with Gasteiger partial charge in [-0.1, -0.05) is 6.42 Å². The number of unbranched alkanes of at least 4 members (excludes halogenated alkanes) is 1. The van der Waals surface area contributed by atoms with E-state index in [1.165, 1.54) is 84.2 Å². The van der Waals surface area contributed by atoms with Crippen LogP contribution in [0.3, 0.4) is 0 Å². The van der Waals surface area contributed by atoms with Crippen molar-refractivity contribution >= 4 is 0 Å². The van der Waals surface area contributed by atoms with Gasteiger partial charge < -0.3 is 15.5 Å². The maximum absolute atomic E-state index is 5.79. The maximum Gasteiger partial charge on any atom is 0.00106 e. The Kier molecular flexibility index (Phi) is 6.62. The molecule has 1 unspecified atom stereocenters. The van der Waals surface area contributed by atoms with Crippen molar-refractivity contribution in [2.75, 3.05) is 39.3 Å². The summed E-state index contributed by atoms with van der Waals surface area (Å²) < 4.78 is 0. The Hall–Kier alpha value is -0.120. The van der Waals surface area contributed by atoms with Crippen LogP contribution in [0.5, 0.6) is 0 Å². The van der Waals surface area contributed by atoms with Crippen molar-refractivity contribution < 1.29 is 0 Å². The van der Waals surface area contributed by atoms with Crippen LogP contribution >= 0.6 is 0 Å². The van der Waals surface area contributed by atoms with Crippen molar-refractivity contribution in [1.29, 1.82) is 0 Å². The summed E-state index contributed by atoms with van der Waals surface area (Å²) in [5.41, 5.74) is 5.79. The summed E-state index contributed by atoms with van der Waals surface area (Å²) in [6.45, 7) is 10.2. The first-order chi connectivity index (χ1) is 9.24. The molecule has 2 N–H and O–H groups in total. The Balaban J connectivity index is 1.52. The maximum atomic E-state index is 5.79. The molecule has 0 aromatic rings. The molecule has 0 aliphatic carbocycles. The molecule has 1 atom stereocenters. The first-order valence-electron chi connectivity index (χ1n) is 8.44. The van der Waals surface area contributed by atoms with Crippen LogP contribution in [0.2, 0.25) is 0 Å². The van der Waals surface area contributed by atoms with Crippen molar-refractivity contribution in [3.63, 3.8) is 0 Å². The Bertz CT molecular complexity index is 228. The third kappa shape index (κ3) is 5.80. The molecule has 2 fully saturated rings. The second-order valence-electron chi connectivity index (χ2n) is 6.77. The van der Waals surface area contributed by atoms with Crippen LogP contribution in [0.1, 0.15) is 51.9 Å². The van der Waals surface area contributed by atoms with E-state index in [0.29, 0.717) is 6.04 Å². The summed E-state index contributed by atoms with van der Waals surface area (Å²) in [6.07, 6.45) is 9.51. The molecule has 0 radical (unpaired) electrons. The number of hydrogen-bond acceptors (Lipinski definition) is 3. The van der Waals surface area contributed by atoms with Gasteiger partial charge in [0.15, 0.2) is 0 Å². The Morgan fingerprint density at radius 3 is 2.32 bits per heavy atom. The van der Waals surface area contributed by atoms with E-state index in [1.807, 2.05) is 0 Å². The quantitative estimate of drug-likeness (QED) is 0.719. The van der Waals surface area contributed by atoms with Gasteiger partial charge in [0.1, 0.15) is 0 Å². The van der Waals surface area contributed by atoms with Crippen LogP contribution in [-0.4, -0.2) is 55.1 Å². The highest BCUT2D eigenvalue weighted by Gasteiger charge is 2.22. The lowest BCUT2D eigenvalue weighted by Gasteiger charge is -2.33. The molecule has 2 aliphatic heterocycles. The third-order valence-electron chi connectivity index (χ3n) is 4.81. The summed E-state index contributed by atoms with van der Waals surface area (Å²) in [6, 6.07) is 0.381. The molecular formula is C16H33N3. The van der Waals surface area contributed by atoms with E-state index >= 15 is 0 Å². The largest absolute Gasteiger partial charge is 0.328 e. The van der Waals surface area contributed by atoms with E-state index in [9.17, 15) is 0 Å². The minimum absolute atomic E-state index is 0.381. The molecule has 2 aliphatic rings. The second-order valence-corrected chi connectivity index (χ2v) is 6.77. The highest BCUT2D eigenvalue weighted by atomic mass is 15.2. The van der Waals surface area contributed by atoms with Crippen molar-refractivity contribution in [3.8, 4) is 0 Å². The average molecular weight is 267 g/mol. The summed E-state index contributed by atoms with van der Waals surface area (Å²) in [7, 11) is 0. The summed E-state index contributed by atoms with van der Waals surface area (Å²) in [5.74, 6) is 0.971. The first-order valence-corrected chi connectivity index (χ1v) is 8.44. The molecule has 0 amide bonds. The molecular weight excluding hydrogens is 234 g/mol. The average Bonchev–Trinajstić information content (AvgIpc) is 2.89. The van der Waals surface area contributed by atoms with Crippen LogP contribution in [-0.2, 0) is 0 Å². The van der Waals surface area contributed by atoms with Gasteiger partial charge in [-0.2, -0.15) is 0 Å². The normalized spacial score (nSPS) is 24.9. The lowest BCUT2D eigenvalue weighted by Crippen LogP contribution is -2.38. The Morgan fingerprint density at radius 1 is 1.00 bits per heavy atom. The van der Waals surface area contributed by atoms with Gasteiger partial charge in [-0.25, -0.2) is 0 Å². The summed E-state index contributed by atoms with van der Waals surface area (Å²) >= 11 is 0. The first kappa shape index (κ1) is 15.3. The second kappa shape index (κ2) is 8.23. The number of hydrogen-bond donors (Lipinski definition) is 1. The van der Waals surface area contributed by atoms with Crippen LogP contribution < -0.4 is 5.73 Å². The molecule has 2 rings (SSSR count). The molecule has 0 aromatic heterocycles. The number of likely N-dealkylation sites (tertiary alicyclic amines) is 2. The zero-order valence-electron chi connectivity index (χ0n) is 12.8. The van der Waals surface area contributed by atoms with Crippen molar-refractivity contribution in [1.82, 2.24) is 9.80 Å². The van der Waals surface area contributed by atoms with Gasteiger partial charge >= 0.3 is 0 Å². The van der Waals surface area contributed by atoms with Gasteiger partial charge in [-0.05, 0) is 84.1 Å². The van der Waals surface area contributed by atoms with Crippen LogP contribution in [0, 0.1) is 5.92 Å². The molecule has 112 valence electrons. The van der Waals surface area contributed by atoms with Crippen molar-refractivity contribution in [2.45, 2.75) is 57.9 Å². The molecule has 0 bridgehead atoms. The minimum Gasteiger partial charge on any atom is -0.328 e. The Morgan fingerprint density at radius 2 is 1.68 bits per heavy atom. The van der Waals surface area contributed by atoms with Crippen molar-refractivity contribution in [2.24, 2.45) is 11.7 Å². The number of nitrogens with zero attached hydrogens (tertiary/aromatic N) is 2. The van der Waals surface area contributed by atoms with E-state index in [4.69, 9.17) is 5.73 Å². The van der Waals surface area contributed by atoms with Gasteiger partial charge in [0, 0.05) is 12.6 Å². The molecule has 0 aromatic carbocycles. The number of piperidine rings is 1. The number of rotatable bonds is 7. The lowest BCUT2D eigenvalue weighted by molar-refractivity contribution is 0.152. The van der Waals surface area contributed by atoms with Gasteiger partial charge in [-0.3, -0.25) is 0 Å². The van der Waals surface area contributed by atoms with Gasteiger partial charge in [0.2, 0.25) is 0 Å². The fourth-order valence-electron chi connectivity index (χ4n) is 3.52. The fourth-order valence-corrected chi connectivity index (χ4v) is 3.52. The SMILES string of the molecule is CC(N)CCCCN1CCC(CN2CCCC2)CC1. The van der Waals surface area contributed by atoms with E-state index in [2.05, 4.69) is 16.7 Å². The van der Waals surface area contributed by atoms with Gasteiger partial charge in [0.25, 0.3) is 0 Å². The van der Waals surface area contributed by atoms with Crippen LogP contribution in [0.15, 0.2) is 0 Å². The standard InChI is InChI=1S/C16H33N3/c1-15(17)6-2-3-9-18-12-7-16(8-13-18)14-19-10-4-5-11-19/h15-16H,2-14,17H2,1H3. The molecule has 3 nitrogen and oxygen atoms in total. The molecule has 3 heteroatoms. The third-order valence-corrected chi connectivity index (χ3v) is 4.81. The summed E-state index contributed by atoms with van der Waals surface area (Å²) in [5, 5.41) is 0. The zero-order chi connectivity index (χ0) is 13.5. The molecule has 0 spiro atoms. The van der Waals surface area contributed by atoms with E-state index in [1.54, 1.807) is 0 Å². The fraction of sp³-hybridized carbons (Fsp3) is 1.00. The zero-order valence-corrected chi connectivity index (χ0v) is 12.8. The highest BCUT2D eigenvalue weighted by Crippen LogP contribution is 2.20. The van der Waals surface area contributed by atoms with Gasteiger partial charge in [0.05, 0.1) is 0 Å². The van der Waals surface area contributed by atoms with E-state index < -0.39 is 0 Å². The van der Waals surface area contributed by atoms with Crippen LogP contribution in [0.4, 0.5) is 0 Å². The Labute approximate surface area is 119 Å². The molecule has 0 saturated carbocycles. The smallest absolute Gasteiger partial charge is 0.00106 e. The number of nitrogens with two attached hydrogens (primary N) is 1. The molecule has 2 saturated heterocycles. The molecule has 19 heavy (non-hydrogen) atoms. The van der Waals surface area contributed by atoms with Gasteiger partial charge in [-0.15, -0.1) is 0 Å². The predicted molar refractivity (Wildman–Crippen MR) is 82.3 cm³/mol. The van der Waals surface area contributed by atoms with Crippen LogP contribution in [0.25, 0.3) is 0 Å². The highest BCUT2D eigenvalue weighted by molar-refractivity contribution is 4.77. The molecule has 2 heterocycles. The van der Waals surface area contributed by atoms with E-state index in [0.717, 1.165) is 5.92 Å². The lowest BCUT2D eigenvalue weighted by atomic mass is 9.96. The summed E-state index contributed by atoms with van der Waals surface area (Å²) in [4.78, 5) is 5.35. The monoisotopic (exact) mass is 267 g/mol. The van der Waals surface area contributed by atoms with E-state index in [-0.39, 0.29) is 0 Å². The topological polar surface area (TPSA) is 32.5 Å². The predicted octanol–water partition coefficient (Wildman–Crippen LogP) is 2.31.